The van der Waals surface area contributed by atoms with E-state index in [0.29, 0.717) is 0 Å². The van der Waals surface area contributed by atoms with Crippen LogP contribution in [0.5, 0.6) is 0 Å². The Morgan fingerprint density at radius 3 is 2.55 bits per heavy atom. The lowest BCUT2D eigenvalue weighted by atomic mass is 9.85. The van der Waals surface area contributed by atoms with Crippen LogP contribution in [-0.2, 0) is 0 Å². The zero-order valence-corrected chi connectivity index (χ0v) is 8.04. The van der Waals surface area contributed by atoms with Crippen LogP contribution >= 0.6 is 12.4 Å². The van der Waals surface area contributed by atoms with Gasteiger partial charge in [0.05, 0.1) is 0 Å². The van der Waals surface area contributed by atoms with Crippen LogP contribution in [0.4, 0.5) is 0 Å². The first-order valence-corrected chi connectivity index (χ1v) is 4.52. The van der Waals surface area contributed by atoms with E-state index in [4.69, 9.17) is 0 Å². The van der Waals surface area contributed by atoms with E-state index in [-0.39, 0.29) is 12.4 Å². The molecule has 1 N–H and O–H groups in total. The van der Waals surface area contributed by atoms with Crippen molar-refractivity contribution in [1.29, 1.82) is 0 Å². The van der Waals surface area contributed by atoms with Gasteiger partial charge in [0.1, 0.15) is 0 Å². The van der Waals surface area contributed by atoms with E-state index in [1.165, 1.54) is 38.8 Å². The second-order valence-electron chi connectivity index (χ2n) is 4.20. The molecule has 2 fully saturated rings. The van der Waals surface area contributed by atoms with E-state index in [2.05, 4.69) is 12.2 Å². The molecule has 0 radical (unpaired) electrons. The van der Waals surface area contributed by atoms with E-state index in [1.807, 2.05) is 0 Å². The summed E-state index contributed by atoms with van der Waals surface area (Å²) in [6, 6.07) is 0. The molecule has 0 aromatic rings. The number of piperidine rings is 1. The molecule has 1 unspecified atom stereocenters. The summed E-state index contributed by atoms with van der Waals surface area (Å²) < 4.78 is 0. The molecule has 1 saturated heterocycles. The summed E-state index contributed by atoms with van der Waals surface area (Å²) in [5.74, 6) is 1.00. The molecule has 1 aliphatic heterocycles. The van der Waals surface area contributed by atoms with Crippen LogP contribution in [0.2, 0.25) is 0 Å². The van der Waals surface area contributed by atoms with E-state index < -0.39 is 0 Å². The smallest absolute Gasteiger partial charge is 0.00153 e. The SMILES string of the molecule is CC1(C2CCCNC2)CC1.Cl. The normalized spacial score (nSPS) is 34.1. The highest BCUT2D eigenvalue weighted by atomic mass is 35.5. The van der Waals surface area contributed by atoms with Crippen molar-refractivity contribution < 1.29 is 0 Å². The predicted octanol–water partition coefficient (Wildman–Crippen LogP) is 2.21. The fourth-order valence-electron chi connectivity index (χ4n) is 2.05. The molecule has 66 valence electrons. The zero-order chi connectivity index (χ0) is 7.03. The first-order valence-electron chi connectivity index (χ1n) is 4.52. The summed E-state index contributed by atoms with van der Waals surface area (Å²) in [6.45, 7) is 4.99. The Balaban J connectivity index is 0.000000605. The lowest BCUT2D eigenvalue weighted by Gasteiger charge is -2.28. The third-order valence-electron chi connectivity index (χ3n) is 3.32. The predicted molar refractivity (Wildman–Crippen MR) is 50.2 cm³/mol. The van der Waals surface area contributed by atoms with Crippen LogP contribution in [0, 0.1) is 11.3 Å². The number of halogens is 1. The molecule has 0 aromatic heterocycles. The highest BCUT2D eigenvalue weighted by molar-refractivity contribution is 5.85. The monoisotopic (exact) mass is 175 g/mol. The van der Waals surface area contributed by atoms with Gasteiger partial charge in [-0.05, 0) is 50.1 Å². The molecule has 0 aromatic carbocycles. The van der Waals surface area contributed by atoms with Crippen molar-refractivity contribution in [3.05, 3.63) is 0 Å². The number of nitrogens with one attached hydrogen (secondary N) is 1. The van der Waals surface area contributed by atoms with Gasteiger partial charge < -0.3 is 5.32 Å². The van der Waals surface area contributed by atoms with Crippen LogP contribution in [0.25, 0.3) is 0 Å². The second-order valence-corrected chi connectivity index (χ2v) is 4.20. The van der Waals surface area contributed by atoms with E-state index in [0.717, 1.165) is 11.3 Å². The molecule has 2 heteroatoms. The summed E-state index contributed by atoms with van der Waals surface area (Å²) in [4.78, 5) is 0. The van der Waals surface area contributed by atoms with Crippen molar-refractivity contribution in [3.8, 4) is 0 Å². The van der Waals surface area contributed by atoms with Crippen LogP contribution in [0.1, 0.15) is 32.6 Å². The molecule has 1 atom stereocenters. The summed E-state index contributed by atoms with van der Waals surface area (Å²) in [6.07, 6.45) is 5.85. The summed E-state index contributed by atoms with van der Waals surface area (Å²) in [5.41, 5.74) is 0.757. The molecule has 1 heterocycles. The van der Waals surface area contributed by atoms with Crippen LogP contribution in [0.3, 0.4) is 0 Å². The van der Waals surface area contributed by atoms with E-state index in [1.54, 1.807) is 0 Å². The topological polar surface area (TPSA) is 12.0 Å². The highest BCUT2D eigenvalue weighted by Crippen LogP contribution is 2.53. The van der Waals surface area contributed by atoms with Gasteiger partial charge in [-0.2, -0.15) is 0 Å². The third-order valence-corrected chi connectivity index (χ3v) is 3.32. The molecular formula is C9H18ClN. The van der Waals surface area contributed by atoms with Crippen molar-refractivity contribution in [2.24, 2.45) is 11.3 Å². The first kappa shape index (κ1) is 9.34. The van der Waals surface area contributed by atoms with Crippen LogP contribution in [0.15, 0.2) is 0 Å². The van der Waals surface area contributed by atoms with Gasteiger partial charge in [0.25, 0.3) is 0 Å². The van der Waals surface area contributed by atoms with Crippen LogP contribution < -0.4 is 5.32 Å². The van der Waals surface area contributed by atoms with Gasteiger partial charge in [-0.15, -0.1) is 12.4 Å². The van der Waals surface area contributed by atoms with E-state index >= 15 is 0 Å². The van der Waals surface area contributed by atoms with Crippen molar-refractivity contribution in [1.82, 2.24) is 5.32 Å². The molecule has 2 aliphatic rings. The lowest BCUT2D eigenvalue weighted by molar-refractivity contribution is 0.262. The van der Waals surface area contributed by atoms with E-state index in [9.17, 15) is 0 Å². The molecule has 2 rings (SSSR count). The minimum Gasteiger partial charge on any atom is -0.316 e. The minimum absolute atomic E-state index is 0. The quantitative estimate of drug-likeness (QED) is 0.645. The molecule has 1 aliphatic carbocycles. The second kappa shape index (κ2) is 3.32. The Morgan fingerprint density at radius 2 is 2.09 bits per heavy atom. The molecule has 1 nitrogen and oxygen atoms in total. The number of hydrogen-bond acceptors (Lipinski definition) is 1. The highest BCUT2D eigenvalue weighted by Gasteiger charge is 2.44. The van der Waals surface area contributed by atoms with Gasteiger partial charge in [-0.1, -0.05) is 6.92 Å². The van der Waals surface area contributed by atoms with Crippen molar-refractivity contribution in [3.63, 3.8) is 0 Å². The van der Waals surface area contributed by atoms with Gasteiger partial charge in [0, 0.05) is 0 Å². The van der Waals surface area contributed by atoms with Gasteiger partial charge in [0.2, 0.25) is 0 Å². The van der Waals surface area contributed by atoms with Crippen molar-refractivity contribution in [2.75, 3.05) is 13.1 Å². The standard InChI is InChI=1S/C9H17N.ClH/c1-9(4-5-9)8-3-2-6-10-7-8;/h8,10H,2-7H2,1H3;1H. The lowest BCUT2D eigenvalue weighted by Crippen LogP contribution is -2.33. The van der Waals surface area contributed by atoms with Gasteiger partial charge >= 0.3 is 0 Å². The molecule has 0 spiro atoms. The summed E-state index contributed by atoms with van der Waals surface area (Å²) >= 11 is 0. The number of rotatable bonds is 1. The van der Waals surface area contributed by atoms with Crippen molar-refractivity contribution in [2.45, 2.75) is 32.6 Å². The Bertz CT molecular complexity index is 126. The molecular weight excluding hydrogens is 158 g/mol. The Morgan fingerprint density at radius 1 is 1.36 bits per heavy atom. The maximum Gasteiger partial charge on any atom is -0.00153 e. The molecule has 0 amide bonds. The molecule has 1 saturated carbocycles. The molecule has 0 bridgehead atoms. The van der Waals surface area contributed by atoms with Crippen LogP contribution in [-0.4, -0.2) is 13.1 Å². The minimum atomic E-state index is 0. The fraction of sp³-hybridized carbons (Fsp3) is 1.00. The Labute approximate surface area is 75.4 Å². The fourth-order valence-corrected chi connectivity index (χ4v) is 2.05. The maximum atomic E-state index is 3.48. The molecule has 11 heavy (non-hydrogen) atoms. The van der Waals surface area contributed by atoms with Gasteiger partial charge in [-0.25, -0.2) is 0 Å². The van der Waals surface area contributed by atoms with Crippen molar-refractivity contribution >= 4 is 12.4 Å². The third kappa shape index (κ3) is 1.88. The largest absolute Gasteiger partial charge is 0.316 e. The summed E-state index contributed by atoms with van der Waals surface area (Å²) in [5, 5.41) is 3.48. The van der Waals surface area contributed by atoms with Gasteiger partial charge in [0.15, 0.2) is 0 Å². The Kier molecular flexibility index (Phi) is 2.82. The zero-order valence-electron chi connectivity index (χ0n) is 7.23. The summed E-state index contributed by atoms with van der Waals surface area (Å²) in [7, 11) is 0. The maximum absolute atomic E-state index is 3.48. The van der Waals surface area contributed by atoms with Gasteiger partial charge in [-0.3, -0.25) is 0 Å². The first-order chi connectivity index (χ1) is 4.81. The average molecular weight is 176 g/mol. The Hall–Kier alpha value is 0.250. The number of hydrogen-bond donors (Lipinski definition) is 1. The average Bonchev–Trinajstić information content (AvgIpc) is 2.72.